The van der Waals surface area contributed by atoms with Crippen LogP contribution >= 0.6 is 35.0 Å². The molecule has 0 saturated carbocycles. The number of hydrogen-bond acceptors (Lipinski definition) is 4. The van der Waals surface area contributed by atoms with Gasteiger partial charge in [0.05, 0.1) is 10.6 Å². The van der Waals surface area contributed by atoms with Crippen LogP contribution in [0.4, 0.5) is 0 Å². The van der Waals surface area contributed by atoms with E-state index in [0.29, 0.717) is 17.2 Å². The van der Waals surface area contributed by atoms with Crippen LogP contribution < -0.4 is 5.32 Å². The van der Waals surface area contributed by atoms with Crippen molar-refractivity contribution in [1.82, 2.24) is 5.32 Å². The molecule has 7 heteroatoms. The molecule has 0 bridgehead atoms. The molecule has 0 aromatic heterocycles. The predicted molar refractivity (Wildman–Crippen MR) is 107 cm³/mol. The monoisotopic (exact) mass is 411 g/mol. The molecule has 0 heterocycles. The summed E-state index contributed by atoms with van der Waals surface area (Å²) >= 11 is 13.5. The van der Waals surface area contributed by atoms with Crippen molar-refractivity contribution in [1.29, 1.82) is 0 Å². The van der Waals surface area contributed by atoms with Crippen molar-refractivity contribution < 1.29 is 14.3 Å². The molecule has 0 unspecified atom stereocenters. The van der Waals surface area contributed by atoms with Gasteiger partial charge in [-0.1, -0.05) is 53.5 Å². The largest absolute Gasteiger partial charge is 0.459 e. The number of carbonyl (C=O) groups is 2. The fourth-order valence-electron chi connectivity index (χ4n) is 2.22. The van der Waals surface area contributed by atoms with Crippen LogP contribution in [0.15, 0.2) is 48.5 Å². The van der Waals surface area contributed by atoms with Crippen LogP contribution in [0.3, 0.4) is 0 Å². The van der Waals surface area contributed by atoms with E-state index in [4.69, 9.17) is 27.9 Å². The minimum atomic E-state index is -0.745. The minimum absolute atomic E-state index is 0.160. The summed E-state index contributed by atoms with van der Waals surface area (Å²) in [6.45, 7) is 0.160. The molecule has 0 spiro atoms. The number of amides is 1. The highest BCUT2D eigenvalue weighted by Gasteiger charge is 2.23. The molecular formula is C19H19Cl2NO3S. The van der Waals surface area contributed by atoms with Crippen molar-refractivity contribution in [2.24, 2.45) is 0 Å². The lowest BCUT2D eigenvalue weighted by atomic mass is 10.1. The first-order valence-electron chi connectivity index (χ1n) is 7.96. The summed E-state index contributed by atoms with van der Waals surface area (Å²) in [7, 11) is 0. The average molecular weight is 412 g/mol. The highest BCUT2D eigenvalue weighted by Crippen LogP contribution is 2.21. The number of carbonyl (C=O) groups excluding carboxylic acids is 2. The number of hydrogen-bond donors (Lipinski definition) is 1. The van der Waals surface area contributed by atoms with Gasteiger partial charge in [0, 0.05) is 5.02 Å². The fourth-order valence-corrected chi connectivity index (χ4v) is 3.19. The van der Waals surface area contributed by atoms with Crippen molar-refractivity contribution in [3.8, 4) is 0 Å². The molecule has 0 aliphatic rings. The van der Waals surface area contributed by atoms with Crippen LogP contribution in [0.25, 0.3) is 0 Å². The molecule has 1 amide bonds. The molecule has 1 atom stereocenters. The number of thioether (sulfide) groups is 1. The lowest BCUT2D eigenvalue weighted by Gasteiger charge is -2.18. The van der Waals surface area contributed by atoms with Crippen molar-refractivity contribution in [2.45, 2.75) is 19.1 Å². The summed E-state index contributed by atoms with van der Waals surface area (Å²) < 4.78 is 5.36. The van der Waals surface area contributed by atoms with Gasteiger partial charge in [-0.2, -0.15) is 11.8 Å². The van der Waals surface area contributed by atoms with Crippen LogP contribution in [0, 0.1) is 0 Å². The van der Waals surface area contributed by atoms with Gasteiger partial charge in [0.1, 0.15) is 12.6 Å². The number of esters is 1. The second kappa shape index (κ2) is 10.5. The predicted octanol–water partition coefficient (Wildman–Crippen LogP) is 4.59. The molecule has 4 nitrogen and oxygen atoms in total. The molecule has 0 aliphatic heterocycles. The minimum Gasteiger partial charge on any atom is -0.459 e. The Kier molecular flexibility index (Phi) is 8.29. The van der Waals surface area contributed by atoms with E-state index in [1.807, 2.05) is 36.6 Å². The summed E-state index contributed by atoms with van der Waals surface area (Å²) in [5.74, 6) is -0.199. The molecule has 0 fully saturated rings. The smallest absolute Gasteiger partial charge is 0.329 e. The van der Waals surface area contributed by atoms with E-state index in [1.165, 1.54) is 12.1 Å². The number of halogens is 2. The van der Waals surface area contributed by atoms with Gasteiger partial charge in [-0.3, -0.25) is 4.79 Å². The first kappa shape index (κ1) is 20.6. The third-order valence-corrected chi connectivity index (χ3v) is 4.79. The molecule has 2 rings (SSSR count). The summed E-state index contributed by atoms with van der Waals surface area (Å²) in [5, 5.41) is 3.38. The van der Waals surface area contributed by atoms with Crippen LogP contribution in [-0.4, -0.2) is 29.9 Å². The van der Waals surface area contributed by atoms with Crippen LogP contribution in [-0.2, 0) is 16.1 Å². The van der Waals surface area contributed by atoms with E-state index in [9.17, 15) is 9.59 Å². The van der Waals surface area contributed by atoms with Gasteiger partial charge in [0.2, 0.25) is 0 Å². The Morgan fingerprint density at radius 3 is 2.54 bits per heavy atom. The SMILES string of the molecule is CSCC[C@@H](NC(=O)c1ccc(Cl)cc1Cl)C(=O)OCc1ccccc1. The molecule has 0 saturated heterocycles. The molecule has 2 aromatic carbocycles. The summed E-state index contributed by atoms with van der Waals surface area (Å²) in [6.07, 6.45) is 2.40. The van der Waals surface area contributed by atoms with Gasteiger partial charge in [-0.05, 0) is 42.2 Å². The van der Waals surface area contributed by atoms with E-state index in [-0.39, 0.29) is 17.2 Å². The van der Waals surface area contributed by atoms with E-state index < -0.39 is 17.9 Å². The van der Waals surface area contributed by atoms with Gasteiger partial charge >= 0.3 is 5.97 Å². The standard InChI is InChI=1S/C19H19Cl2NO3S/c1-26-10-9-17(19(24)25-12-13-5-3-2-4-6-13)22-18(23)15-8-7-14(20)11-16(15)21/h2-8,11,17H,9-10,12H2,1H3,(H,22,23)/t17-/m1/s1. The maximum atomic E-state index is 12.5. The topological polar surface area (TPSA) is 55.4 Å². The number of benzene rings is 2. The molecule has 0 aliphatic carbocycles. The number of ether oxygens (including phenoxy) is 1. The number of rotatable bonds is 8. The first-order chi connectivity index (χ1) is 12.5. The summed E-state index contributed by atoms with van der Waals surface area (Å²) in [6, 6.07) is 13.2. The molecule has 1 N–H and O–H groups in total. The molecular weight excluding hydrogens is 393 g/mol. The van der Waals surface area contributed by atoms with Gasteiger partial charge < -0.3 is 10.1 Å². The van der Waals surface area contributed by atoms with Crippen molar-refractivity contribution in [3.05, 3.63) is 69.7 Å². The Labute approximate surface area is 167 Å². The third kappa shape index (κ3) is 6.24. The van der Waals surface area contributed by atoms with E-state index >= 15 is 0 Å². The van der Waals surface area contributed by atoms with Gasteiger partial charge in [0.25, 0.3) is 5.91 Å². The van der Waals surface area contributed by atoms with E-state index in [1.54, 1.807) is 17.8 Å². The Morgan fingerprint density at radius 1 is 1.15 bits per heavy atom. The van der Waals surface area contributed by atoms with Gasteiger partial charge in [-0.15, -0.1) is 0 Å². The molecule has 2 aromatic rings. The first-order valence-corrected chi connectivity index (χ1v) is 10.1. The summed E-state index contributed by atoms with van der Waals surface area (Å²) in [5.41, 5.74) is 1.15. The molecule has 0 radical (unpaired) electrons. The van der Waals surface area contributed by atoms with Gasteiger partial charge in [-0.25, -0.2) is 4.79 Å². The zero-order valence-electron chi connectivity index (χ0n) is 14.2. The average Bonchev–Trinajstić information content (AvgIpc) is 2.63. The zero-order chi connectivity index (χ0) is 18.9. The highest BCUT2D eigenvalue weighted by molar-refractivity contribution is 7.98. The lowest BCUT2D eigenvalue weighted by Crippen LogP contribution is -2.42. The quantitative estimate of drug-likeness (QED) is 0.645. The molecule has 138 valence electrons. The fraction of sp³-hybridized carbons (Fsp3) is 0.263. The zero-order valence-corrected chi connectivity index (χ0v) is 16.5. The summed E-state index contributed by atoms with van der Waals surface area (Å²) in [4.78, 5) is 24.9. The Hall–Kier alpha value is -1.69. The van der Waals surface area contributed by atoms with Crippen molar-refractivity contribution in [3.63, 3.8) is 0 Å². The Balaban J connectivity index is 2.03. The second-order valence-corrected chi connectivity index (χ2v) is 7.35. The Bertz CT molecular complexity index is 756. The number of nitrogens with one attached hydrogen (secondary N) is 1. The second-order valence-electron chi connectivity index (χ2n) is 5.52. The molecule has 26 heavy (non-hydrogen) atoms. The van der Waals surface area contributed by atoms with Crippen molar-refractivity contribution in [2.75, 3.05) is 12.0 Å². The van der Waals surface area contributed by atoms with E-state index in [2.05, 4.69) is 5.32 Å². The van der Waals surface area contributed by atoms with Gasteiger partial charge in [0.15, 0.2) is 0 Å². The highest BCUT2D eigenvalue weighted by atomic mass is 35.5. The van der Waals surface area contributed by atoms with E-state index in [0.717, 1.165) is 5.56 Å². The maximum Gasteiger partial charge on any atom is 0.329 e. The van der Waals surface area contributed by atoms with Crippen LogP contribution in [0.2, 0.25) is 10.0 Å². The van der Waals surface area contributed by atoms with Crippen LogP contribution in [0.1, 0.15) is 22.3 Å². The van der Waals surface area contributed by atoms with Crippen LogP contribution in [0.5, 0.6) is 0 Å². The lowest BCUT2D eigenvalue weighted by molar-refractivity contribution is -0.147. The normalized spacial score (nSPS) is 11.7. The maximum absolute atomic E-state index is 12.5. The third-order valence-electron chi connectivity index (χ3n) is 3.60. The van der Waals surface area contributed by atoms with Crippen molar-refractivity contribution >= 4 is 46.8 Å². The Morgan fingerprint density at radius 2 is 1.88 bits per heavy atom.